The number of benzene rings is 3. The van der Waals surface area contributed by atoms with Crippen LogP contribution >= 0.6 is 23.2 Å². The van der Waals surface area contributed by atoms with E-state index < -0.39 is 0 Å². The molecule has 33 heavy (non-hydrogen) atoms. The molecular weight excluding hydrogens is 459 g/mol. The quantitative estimate of drug-likeness (QED) is 0.287. The molecule has 0 aliphatic carbocycles. The van der Waals surface area contributed by atoms with E-state index in [9.17, 15) is 4.79 Å². The van der Waals surface area contributed by atoms with Crippen molar-refractivity contribution in [2.75, 3.05) is 7.11 Å². The number of aromatic nitrogens is 1. The second kappa shape index (κ2) is 10.5. The minimum absolute atomic E-state index is 0.193. The molecule has 0 fully saturated rings. The fourth-order valence-electron chi connectivity index (χ4n) is 3.38. The van der Waals surface area contributed by atoms with Crippen molar-refractivity contribution in [1.29, 1.82) is 0 Å². The number of halogens is 2. The molecule has 7 heteroatoms. The Morgan fingerprint density at radius 2 is 1.79 bits per heavy atom. The number of ether oxygens (including phenoxy) is 2. The first-order valence-corrected chi connectivity index (χ1v) is 11.0. The standard InChI is InChI=1S/C26H22Cl2N2O3/c1-32-25-10-2-17(12-19(25)16-33-23-7-4-20(27)5-8-23)3-11-26(31)29-15-22-14-18-13-21(28)6-9-24(18)30-22/h2-14,30H,15-16H2,1H3,(H,29,31)/b11-3-. The van der Waals surface area contributed by atoms with Crippen molar-refractivity contribution in [3.8, 4) is 11.5 Å². The molecule has 5 nitrogen and oxygen atoms in total. The molecule has 0 spiro atoms. The van der Waals surface area contributed by atoms with Gasteiger partial charge in [-0.3, -0.25) is 4.79 Å². The minimum atomic E-state index is -0.193. The van der Waals surface area contributed by atoms with Crippen LogP contribution in [0.5, 0.6) is 11.5 Å². The SMILES string of the molecule is COc1ccc(/C=C\C(=O)NCc2cc3cc(Cl)ccc3[nH]2)cc1COc1ccc(Cl)cc1. The topological polar surface area (TPSA) is 63.3 Å². The van der Waals surface area contributed by atoms with Crippen molar-refractivity contribution >= 4 is 46.1 Å². The van der Waals surface area contributed by atoms with Crippen LogP contribution in [0, 0.1) is 0 Å². The summed E-state index contributed by atoms with van der Waals surface area (Å²) in [5.41, 5.74) is 3.61. The first-order valence-electron chi connectivity index (χ1n) is 10.3. The van der Waals surface area contributed by atoms with Crippen LogP contribution in [0.25, 0.3) is 17.0 Å². The molecule has 0 aliphatic heterocycles. The van der Waals surface area contributed by atoms with Gasteiger partial charge in [-0.1, -0.05) is 29.3 Å². The van der Waals surface area contributed by atoms with E-state index in [0.29, 0.717) is 34.7 Å². The minimum Gasteiger partial charge on any atom is -0.496 e. The van der Waals surface area contributed by atoms with Crippen molar-refractivity contribution in [1.82, 2.24) is 10.3 Å². The predicted molar refractivity (Wildman–Crippen MR) is 133 cm³/mol. The lowest BCUT2D eigenvalue weighted by Crippen LogP contribution is -2.20. The lowest BCUT2D eigenvalue weighted by Gasteiger charge is -2.11. The number of H-pyrrole nitrogens is 1. The fourth-order valence-corrected chi connectivity index (χ4v) is 3.69. The number of amides is 1. The molecule has 168 valence electrons. The van der Waals surface area contributed by atoms with Gasteiger partial charge in [0.05, 0.1) is 13.7 Å². The summed E-state index contributed by atoms with van der Waals surface area (Å²) in [6.07, 6.45) is 3.26. The molecule has 0 saturated heterocycles. The van der Waals surface area contributed by atoms with Gasteiger partial charge in [0.15, 0.2) is 0 Å². The summed E-state index contributed by atoms with van der Waals surface area (Å²) >= 11 is 11.9. The van der Waals surface area contributed by atoms with Crippen molar-refractivity contribution in [2.45, 2.75) is 13.2 Å². The smallest absolute Gasteiger partial charge is 0.244 e. The van der Waals surface area contributed by atoms with E-state index in [1.54, 1.807) is 25.3 Å². The highest BCUT2D eigenvalue weighted by Crippen LogP contribution is 2.24. The first-order chi connectivity index (χ1) is 16.0. The van der Waals surface area contributed by atoms with Gasteiger partial charge in [-0.15, -0.1) is 0 Å². The third-order valence-corrected chi connectivity index (χ3v) is 5.52. The average Bonchev–Trinajstić information content (AvgIpc) is 3.23. The Hall–Kier alpha value is -3.41. The van der Waals surface area contributed by atoms with E-state index in [0.717, 1.165) is 27.7 Å². The number of carbonyl (C=O) groups excluding carboxylic acids is 1. The third-order valence-electron chi connectivity index (χ3n) is 5.03. The van der Waals surface area contributed by atoms with E-state index in [2.05, 4.69) is 10.3 Å². The summed E-state index contributed by atoms with van der Waals surface area (Å²) in [4.78, 5) is 15.6. The molecular formula is C26H22Cl2N2O3. The molecule has 0 atom stereocenters. The fraction of sp³-hybridized carbons (Fsp3) is 0.115. The maximum absolute atomic E-state index is 12.3. The zero-order chi connectivity index (χ0) is 23.2. The summed E-state index contributed by atoms with van der Waals surface area (Å²) in [5, 5.41) is 5.22. The summed E-state index contributed by atoms with van der Waals surface area (Å²) in [5.74, 6) is 1.23. The Balaban J connectivity index is 1.37. The number of aromatic amines is 1. The molecule has 4 rings (SSSR count). The normalized spacial score (nSPS) is 11.1. The lowest BCUT2D eigenvalue weighted by atomic mass is 10.1. The summed E-state index contributed by atoms with van der Waals surface area (Å²) in [6.45, 7) is 0.710. The lowest BCUT2D eigenvalue weighted by molar-refractivity contribution is -0.116. The zero-order valence-electron chi connectivity index (χ0n) is 17.9. The highest BCUT2D eigenvalue weighted by Gasteiger charge is 2.06. The van der Waals surface area contributed by atoms with Gasteiger partial charge in [0.2, 0.25) is 5.91 Å². The molecule has 3 aromatic carbocycles. The zero-order valence-corrected chi connectivity index (χ0v) is 19.4. The van der Waals surface area contributed by atoms with Crippen molar-refractivity contribution in [3.63, 3.8) is 0 Å². The van der Waals surface area contributed by atoms with Crippen LogP contribution in [0.15, 0.2) is 72.8 Å². The van der Waals surface area contributed by atoms with Crippen LogP contribution in [-0.4, -0.2) is 18.0 Å². The van der Waals surface area contributed by atoms with Crippen LogP contribution in [-0.2, 0) is 17.9 Å². The van der Waals surface area contributed by atoms with Crippen LogP contribution in [0.2, 0.25) is 10.0 Å². The molecule has 1 heterocycles. The number of fused-ring (bicyclic) bond motifs is 1. The van der Waals surface area contributed by atoms with Crippen molar-refractivity contribution in [3.05, 3.63) is 99.7 Å². The van der Waals surface area contributed by atoms with Crippen molar-refractivity contribution in [2.24, 2.45) is 0 Å². The Kier molecular flexibility index (Phi) is 7.23. The van der Waals surface area contributed by atoms with Gasteiger partial charge in [-0.2, -0.15) is 0 Å². The molecule has 1 amide bonds. The number of hydrogen-bond donors (Lipinski definition) is 2. The van der Waals surface area contributed by atoms with E-state index >= 15 is 0 Å². The predicted octanol–water partition coefficient (Wildman–Crippen LogP) is 6.39. The first kappa shape index (κ1) is 22.8. The largest absolute Gasteiger partial charge is 0.496 e. The Morgan fingerprint density at radius 1 is 1.00 bits per heavy atom. The van der Waals surface area contributed by atoms with E-state index in [1.165, 1.54) is 6.08 Å². The average molecular weight is 481 g/mol. The third kappa shape index (κ3) is 6.09. The highest BCUT2D eigenvalue weighted by atomic mass is 35.5. The number of carbonyl (C=O) groups is 1. The Bertz CT molecular complexity index is 1300. The van der Waals surface area contributed by atoms with Gasteiger partial charge in [-0.25, -0.2) is 0 Å². The second-order valence-electron chi connectivity index (χ2n) is 7.39. The molecule has 0 radical (unpaired) electrons. The highest BCUT2D eigenvalue weighted by molar-refractivity contribution is 6.31. The second-order valence-corrected chi connectivity index (χ2v) is 8.26. The Labute approximate surface area is 201 Å². The number of nitrogens with one attached hydrogen (secondary N) is 2. The Morgan fingerprint density at radius 3 is 2.58 bits per heavy atom. The maximum atomic E-state index is 12.3. The maximum Gasteiger partial charge on any atom is 0.244 e. The van der Waals surface area contributed by atoms with Crippen LogP contribution in [0.3, 0.4) is 0 Å². The van der Waals surface area contributed by atoms with Gasteiger partial charge in [0.25, 0.3) is 0 Å². The van der Waals surface area contributed by atoms with Crippen LogP contribution in [0.1, 0.15) is 16.8 Å². The molecule has 4 aromatic rings. The number of rotatable bonds is 8. The number of hydrogen-bond acceptors (Lipinski definition) is 3. The van der Waals surface area contributed by atoms with E-state index in [-0.39, 0.29) is 5.91 Å². The van der Waals surface area contributed by atoms with Gasteiger partial charge < -0.3 is 19.8 Å². The summed E-state index contributed by atoms with van der Waals surface area (Å²) in [6, 6.07) is 20.4. The van der Waals surface area contributed by atoms with Gasteiger partial charge in [0, 0.05) is 38.3 Å². The summed E-state index contributed by atoms with van der Waals surface area (Å²) < 4.78 is 11.3. The van der Waals surface area contributed by atoms with Crippen LogP contribution < -0.4 is 14.8 Å². The van der Waals surface area contributed by atoms with E-state index in [1.807, 2.05) is 54.6 Å². The number of methoxy groups -OCH3 is 1. The van der Waals surface area contributed by atoms with Crippen LogP contribution in [0.4, 0.5) is 0 Å². The molecule has 0 unspecified atom stereocenters. The van der Waals surface area contributed by atoms with Crippen molar-refractivity contribution < 1.29 is 14.3 Å². The van der Waals surface area contributed by atoms with E-state index in [4.69, 9.17) is 32.7 Å². The molecule has 0 bridgehead atoms. The van der Waals surface area contributed by atoms with Gasteiger partial charge in [0.1, 0.15) is 18.1 Å². The molecule has 0 saturated carbocycles. The van der Waals surface area contributed by atoms with Gasteiger partial charge in [-0.05, 0) is 72.3 Å². The molecule has 1 aromatic heterocycles. The van der Waals surface area contributed by atoms with Gasteiger partial charge >= 0.3 is 0 Å². The molecule has 0 aliphatic rings. The summed E-state index contributed by atoms with van der Waals surface area (Å²) in [7, 11) is 1.61. The monoisotopic (exact) mass is 480 g/mol. The molecule has 2 N–H and O–H groups in total.